The Morgan fingerprint density at radius 3 is 2.25 bits per heavy atom. The van der Waals surface area contributed by atoms with Gasteiger partial charge in [-0.2, -0.15) is 0 Å². The van der Waals surface area contributed by atoms with E-state index in [1.165, 1.54) is 13.8 Å². The fourth-order valence-corrected chi connectivity index (χ4v) is 2.92. The number of carboxylic acid groups (broad SMARTS) is 1. The normalized spacial score (nSPS) is 18.9. The van der Waals surface area contributed by atoms with Gasteiger partial charge in [0.25, 0.3) is 0 Å². The van der Waals surface area contributed by atoms with Crippen molar-refractivity contribution in [1.29, 1.82) is 0 Å². The highest BCUT2D eigenvalue weighted by Crippen LogP contribution is 2.18. The predicted molar refractivity (Wildman–Crippen MR) is 61.2 cm³/mol. The zero-order chi connectivity index (χ0) is 12.4. The number of carboxylic acids is 1. The summed E-state index contributed by atoms with van der Waals surface area (Å²) in [6.07, 6.45) is 2.20. The van der Waals surface area contributed by atoms with Gasteiger partial charge in [0.1, 0.15) is 0 Å². The second-order valence-electron chi connectivity index (χ2n) is 4.68. The molecule has 1 aliphatic heterocycles. The van der Waals surface area contributed by atoms with Crippen molar-refractivity contribution in [1.82, 2.24) is 4.90 Å². The topological polar surface area (TPSA) is 74.7 Å². The molecular formula is C10H19NO4S. The third-order valence-corrected chi connectivity index (χ3v) is 5.62. The predicted octanol–water partition coefficient (Wildman–Crippen LogP) is 0.360. The molecule has 0 aromatic carbocycles. The van der Waals surface area contributed by atoms with E-state index in [1.807, 2.05) is 0 Å². The van der Waals surface area contributed by atoms with Gasteiger partial charge in [-0.25, -0.2) is 8.42 Å². The first-order chi connectivity index (χ1) is 7.27. The molecule has 0 bridgehead atoms. The van der Waals surface area contributed by atoms with E-state index in [-0.39, 0.29) is 5.75 Å². The minimum Gasteiger partial charge on any atom is -0.480 e. The Hall–Kier alpha value is -0.620. The van der Waals surface area contributed by atoms with E-state index in [9.17, 15) is 13.2 Å². The Morgan fingerprint density at radius 1 is 1.31 bits per heavy atom. The SMILES string of the molecule is CC(C)(C(=O)O)S(=O)(=O)CCN1CCCC1. The second kappa shape index (κ2) is 4.71. The highest BCUT2D eigenvalue weighted by molar-refractivity contribution is 7.93. The molecule has 0 radical (unpaired) electrons. The largest absolute Gasteiger partial charge is 0.480 e. The van der Waals surface area contributed by atoms with Crippen LogP contribution in [-0.2, 0) is 14.6 Å². The average Bonchev–Trinajstić information content (AvgIpc) is 2.66. The fraction of sp³-hybridized carbons (Fsp3) is 0.900. The van der Waals surface area contributed by atoms with Crippen molar-refractivity contribution in [2.24, 2.45) is 0 Å². The van der Waals surface area contributed by atoms with Gasteiger partial charge in [-0.1, -0.05) is 0 Å². The van der Waals surface area contributed by atoms with E-state index in [0.717, 1.165) is 25.9 Å². The van der Waals surface area contributed by atoms with E-state index in [2.05, 4.69) is 4.90 Å². The van der Waals surface area contributed by atoms with Gasteiger partial charge in [0.2, 0.25) is 0 Å². The van der Waals surface area contributed by atoms with Gasteiger partial charge in [0.15, 0.2) is 14.6 Å². The van der Waals surface area contributed by atoms with Crippen LogP contribution in [0.1, 0.15) is 26.7 Å². The van der Waals surface area contributed by atoms with Crippen molar-refractivity contribution in [2.45, 2.75) is 31.4 Å². The second-order valence-corrected chi connectivity index (χ2v) is 7.34. The first-order valence-corrected chi connectivity index (χ1v) is 7.10. The van der Waals surface area contributed by atoms with E-state index >= 15 is 0 Å². The molecule has 0 aliphatic carbocycles. The Labute approximate surface area is 96.4 Å². The van der Waals surface area contributed by atoms with Crippen LogP contribution in [0.4, 0.5) is 0 Å². The molecular weight excluding hydrogens is 230 g/mol. The van der Waals surface area contributed by atoms with Gasteiger partial charge < -0.3 is 10.0 Å². The molecule has 0 amide bonds. The summed E-state index contributed by atoms with van der Waals surface area (Å²) in [5.74, 6) is -1.36. The zero-order valence-electron chi connectivity index (χ0n) is 9.77. The lowest BCUT2D eigenvalue weighted by Crippen LogP contribution is -2.44. The number of hydrogen-bond donors (Lipinski definition) is 1. The molecule has 16 heavy (non-hydrogen) atoms. The molecule has 1 saturated heterocycles. The third kappa shape index (κ3) is 2.74. The Kier molecular flexibility index (Phi) is 3.96. The molecule has 0 aromatic heterocycles. The van der Waals surface area contributed by atoms with E-state index < -0.39 is 20.6 Å². The molecule has 1 aliphatic rings. The summed E-state index contributed by atoms with van der Waals surface area (Å²) >= 11 is 0. The summed E-state index contributed by atoms with van der Waals surface area (Å²) < 4.78 is 22.0. The number of aliphatic carboxylic acids is 1. The monoisotopic (exact) mass is 249 g/mol. The summed E-state index contributed by atoms with van der Waals surface area (Å²) in [5.41, 5.74) is 0. The minimum absolute atomic E-state index is 0.0771. The van der Waals surface area contributed by atoms with Gasteiger partial charge >= 0.3 is 5.97 Å². The van der Waals surface area contributed by atoms with Crippen molar-refractivity contribution in [3.8, 4) is 0 Å². The smallest absolute Gasteiger partial charge is 0.324 e. The van der Waals surface area contributed by atoms with Gasteiger partial charge in [-0.3, -0.25) is 4.79 Å². The summed E-state index contributed by atoms with van der Waals surface area (Å²) in [6, 6.07) is 0. The average molecular weight is 249 g/mol. The lowest BCUT2D eigenvalue weighted by molar-refractivity contribution is -0.139. The van der Waals surface area contributed by atoms with Crippen LogP contribution in [0.2, 0.25) is 0 Å². The molecule has 94 valence electrons. The zero-order valence-corrected chi connectivity index (χ0v) is 10.6. The molecule has 0 unspecified atom stereocenters. The van der Waals surface area contributed by atoms with E-state index in [4.69, 9.17) is 5.11 Å². The Morgan fingerprint density at radius 2 is 1.81 bits per heavy atom. The van der Waals surface area contributed by atoms with Crippen molar-refractivity contribution in [3.63, 3.8) is 0 Å². The molecule has 5 nitrogen and oxygen atoms in total. The maximum absolute atomic E-state index is 11.8. The molecule has 1 fully saturated rings. The lowest BCUT2D eigenvalue weighted by atomic mass is 10.2. The number of hydrogen-bond acceptors (Lipinski definition) is 4. The third-order valence-electron chi connectivity index (χ3n) is 3.17. The number of rotatable bonds is 5. The van der Waals surface area contributed by atoms with Crippen LogP contribution >= 0.6 is 0 Å². The van der Waals surface area contributed by atoms with E-state index in [1.54, 1.807) is 0 Å². The first kappa shape index (κ1) is 13.4. The number of carbonyl (C=O) groups is 1. The lowest BCUT2D eigenvalue weighted by Gasteiger charge is -2.22. The minimum atomic E-state index is -3.59. The molecule has 1 heterocycles. The van der Waals surface area contributed by atoms with Crippen LogP contribution in [0.25, 0.3) is 0 Å². The van der Waals surface area contributed by atoms with Crippen LogP contribution in [0.15, 0.2) is 0 Å². The Balaban J connectivity index is 2.61. The van der Waals surface area contributed by atoms with Crippen LogP contribution < -0.4 is 0 Å². The van der Waals surface area contributed by atoms with Crippen molar-refractivity contribution < 1.29 is 18.3 Å². The molecule has 0 aromatic rings. The summed E-state index contributed by atoms with van der Waals surface area (Å²) in [4.78, 5) is 12.9. The Bertz CT molecular complexity index is 355. The van der Waals surface area contributed by atoms with Gasteiger partial charge in [0.05, 0.1) is 5.75 Å². The summed E-state index contributed by atoms with van der Waals surface area (Å²) in [6.45, 7) is 4.77. The van der Waals surface area contributed by atoms with E-state index in [0.29, 0.717) is 6.54 Å². The van der Waals surface area contributed by atoms with Gasteiger partial charge in [-0.15, -0.1) is 0 Å². The number of likely N-dealkylation sites (tertiary alicyclic amines) is 1. The highest BCUT2D eigenvalue weighted by Gasteiger charge is 2.41. The summed E-state index contributed by atoms with van der Waals surface area (Å²) in [7, 11) is -3.59. The highest BCUT2D eigenvalue weighted by atomic mass is 32.2. The van der Waals surface area contributed by atoms with Gasteiger partial charge in [-0.05, 0) is 39.8 Å². The van der Waals surface area contributed by atoms with Crippen molar-refractivity contribution >= 4 is 15.8 Å². The standard InChI is InChI=1S/C10H19NO4S/c1-10(2,9(12)13)16(14,15)8-7-11-5-3-4-6-11/h3-8H2,1-2H3,(H,12,13). The molecule has 1 N–H and O–H groups in total. The quantitative estimate of drug-likeness (QED) is 0.761. The first-order valence-electron chi connectivity index (χ1n) is 5.45. The summed E-state index contributed by atoms with van der Waals surface area (Å²) in [5, 5.41) is 8.88. The molecule has 1 rings (SSSR count). The molecule has 0 atom stereocenters. The maximum Gasteiger partial charge on any atom is 0.324 e. The van der Waals surface area contributed by atoms with Crippen LogP contribution in [-0.4, -0.2) is 54.5 Å². The number of sulfone groups is 1. The van der Waals surface area contributed by atoms with Gasteiger partial charge in [0, 0.05) is 6.54 Å². The van der Waals surface area contributed by atoms with Crippen LogP contribution in [0.5, 0.6) is 0 Å². The fourth-order valence-electron chi connectivity index (χ4n) is 1.64. The van der Waals surface area contributed by atoms with Crippen molar-refractivity contribution in [2.75, 3.05) is 25.4 Å². The molecule has 0 saturated carbocycles. The van der Waals surface area contributed by atoms with Crippen LogP contribution in [0.3, 0.4) is 0 Å². The maximum atomic E-state index is 11.8. The number of nitrogens with zero attached hydrogens (tertiary/aromatic N) is 1. The van der Waals surface area contributed by atoms with Crippen molar-refractivity contribution in [3.05, 3.63) is 0 Å². The molecule has 6 heteroatoms. The molecule has 0 spiro atoms. The van der Waals surface area contributed by atoms with Crippen LogP contribution in [0, 0.1) is 0 Å².